The summed E-state index contributed by atoms with van der Waals surface area (Å²) in [6, 6.07) is 13.3. The van der Waals surface area contributed by atoms with Gasteiger partial charge in [0, 0.05) is 5.38 Å². The molecule has 1 unspecified atom stereocenters. The van der Waals surface area contributed by atoms with Crippen LogP contribution in [-0.4, -0.2) is 26.5 Å². The second kappa shape index (κ2) is 7.95. The SMILES string of the molecule is Cc1ncc(NC(=O)C(C)Oc2ccccc2)n1-c1nc(-c2cccs2)cs1. The Balaban J connectivity index is 1.53. The highest BCUT2D eigenvalue weighted by Crippen LogP contribution is 2.29. The molecule has 1 atom stereocenters. The minimum Gasteiger partial charge on any atom is -0.481 e. The molecule has 8 heteroatoms. The van der Waals surface area contributed by atoms with Gasteiger partial charge in [0.05, 0.1) is 16.8 Å². The quantitative estimate of drug-likeness (QED) is 0.497. The van der Waals surface area contributed by atoms with Crippen LogP contribution in [0.3, 0.4) is 0 Å². The van der Waals surface area contributed by atoms with E-state index in [-0.39, 0.29) is 5.91 Å². The van der Waals surface area contributed by atoms with E-state index in [0.29, 0.717) is 11.6 Å². The Labute approximate surface area is 170 Å². The van der Waals surface area contributed by atoms with Crippen LogP contribution >= 0.6 is 22.7 Å². The van der Waals surface area contributed by atoms with Crippen LogP contribution in [0.15, 0.2) is 59.4 Å². The molecular weight excluding hydrogens is 392 g/mol. The van der Waals surface area contributed by atoms with E-state index >= 15 is 0 Å². The van der Waals surface area contributed by atoms with Gasteiger partial charge in [0.2, 0.25) is 0 Å². The third-order valence-electron chi connectivity index (χ3n) is 4.07. The zero-order valence-electron chi connectivity index (χ0n) is 15.3. The van der Waals surface area contributed by atoms with E-state index in [1.54, 1.807) is 24.5 Å². The van der Waals surface area contributed by atoms with E-state index < -0.39 is 6.10 Å². The van der Waals surface area contributed by atoms with E-state index in [4.69, 9.17) is 9.72 Å². The molecule has 4 rings (SSSR count). The molecule has 1 amide bonds. The number of rotatable bonds is 6. The normalized spacial score (nSPS) is 11.9. The average molecular weight is 411 g/mol. The number of carbonyl (C=O) groups excluding carboxylic acids is 1. The maximum Gasteiger partial charge on any atom is 0.266 e. The zero-order valence-corrected chi connectivity index (χ0v) is 17.0. The molecule has 0 aliphatic carbocycles. The number of amides is 1. The Morgan fingerprint density at radius 2 is 2.00 bits per heavy atom. The topological polar surface area (TPSA) is 69.0 Å². The van der Waals surface area contributed by atoms with Gasteiger partial charge in [-0.15, -0.1) is 22.7 Å². The molecule has 0 fully saturated rings. The van der Waals surface area contributed by atoms with Crippen molar-refractivity contribution in [3.8, 4) is 21.5 Å². The number of aryl methyl sites for hydroxylation is 1. The van der Waals surface area contributed by atoms with Crippen molar-refractivity contribution >= 4 is 34.4 Å². The molecule has 142 valence electrons. The van der Waals surface area contributed by atoms with Crippen molar-refractivity contribution < 1.29 is 9.53 Å². The monoisotopic (exact) mass is 410 g/mol. The second-order valence-corrected chi connectivity index (χ2v) is 7.87. The lowest BCUT2D eigenvalue weighted by atomic mass is 10.3. The molecule has 3 heterocycles. The zero-order chi connectivity index (χ0) is 19.5. The Kier molecular flexibility index (Phi) is 5.23. The van der Waals surface area contributed by atoms with Gasteiger partial charge in [-0.05, 0) is 37.4 Å². The maximum atomic E-state index is 12.6. The van der Waals surface area contributed by atoms with Crippen molar-refractivity contribution in [1.82, 2.24) is 14.5 Å². The van der Waals surface area contributed by atoms with E-state index in [9.17, 15) is 4.79 Å². The summed E-state index contributed by atoms with van der Waals surface area (Å²) in [7, 11) is 0. The Hall–Kier alpha value is -2.97. The summed E-state index contributed by atoms with van der Waals surface area (Å²) in [6.07, 6.45) is 0.985. The number of aromatic nitrogens is 3. The first-order chi connectivity index (χ1) is 13.6. The summed E-state index contributed by atoms with van der Waals surface area (Å²) in [5, 5.41) is 7.69. The minimum absolute atomic E-state index is 0.250. The van der Waals surface area contributed by atoms with Gasteiger partial charge in [-0.2, -0.15) is 0 Å². The predicted octanol–water partition coefficient (Wildman–Crippen LogP) is 4.77. The van der Waals surface area contributed by atoms with Crippen LogP contribution in [0.5, 0.6) is 5.75 Å². The first kappa shape index (κ1) is 18.4. The summed E-state index contributed by atoms with van der Waals surface area (Å²) < 4.78 is 7.54. The number of hydrogen-bond donors (Lipinski definition) is 1. The number of nitrogens with zero attached hydrogens (tertiary/aromatic N) is 3. The molecule has 0 saturated carbocycles. The number of hydrogen-bond acceptors (Lipinski definition) is 6. The van der Waals surface area contributed by atoms with Gasteiger partial charge in [-0.3, -0.25) is 9.36 Å². The minimum atomic E-state index is -0.649. The van der Waals surface area contributed by atoms with E-state index in [1.807, 2.05) is 64.7 Å². The first-order valence-corrected chi connectivity index (χ1v) is 10.4. The van der Waals surface area contributed by atoms with Gasteiger partial charge in [-0.25, -0.2) is 9.97 Å². The molecule has 0 saturated heterocycles. The Bertz CT molecular complexity index is 1070. The number of benzene rings is 1. The van der Waals surface area contributed by atoms with Gasteiger partial charge in [-0.1, -0.05) is 24.3 Å². The number of para-hydroxylation sites is 1. The third kappa shape index (κ3) is 3.83. The fourth-order valence-electron chi connectivity index (χ4n) is 2.66. The summed E-state index contributed by atoms with van der Waals surface area (Å²) >= 11 is 3.15. The molecule has 1 aromatic carbocycles. The highest BCUT2D eigenvalue weighted by Gasteiger charge is 2.19. The van der Waals surface area contributed by atoms with E-state index in [1.165, 1.54) is 11.3 Å². The van der Waals surface area contributed by atoms with Crippen molar-refractivity contribution in [3.63, 3.8) is 0 Å². The number of carbonyl (C=O) groups is 1. The number of ether oxygens (including phenoxy) is 1. The average Bonchev–Trinajstić information content (AvgIpc) is 3.43. The third-order valence-corrected chi connectivity index (χ3v) is 5.79. The fraction of sp³-hybridized carbons (Fsp3) is 0.150. The summed E-state index contributed by atoms with van der Waals surface area (Å²) in [6.45, 7) is 3.60. The van der Waals surface area contributed by atoms with E-state index in [2.05, 4.69) is 10.3 Å². The maximum absolute atomic E-state index is 12.6. The van der Waals surface area contributed by atoms with Crippen LogP contribution in [0.1, 0.15) is 12.7 Å². The summed E-state index contributed by atoms with van der Waals surface area (Å²) in [5.74, 6) is 1.72. The lowest BCUT2D eigenvalue weighted by molar-refractivity contribution is -0.122. The van der Waals surface area contributed by atoms with Crippen LogP contribution in [0.4, 0.5) is 5.82 Å². The Morgan fingerprint density at radius 3 is 2.75 bits per heavy atom. The Morgan fingerprint density at radius 1 is 1.18 bits per heavy atom. The molecule has 0 spiro atoms. The van der Waals surface area contributed by atoms with Crippen LogP contribution in [0.25, 0.3) is 15.7 Å². The van der Waals surface area contributed by atoms with Crippen LogP contribution in [0.2, 0.25) is 0 Å². The molecule has 0 aliphatic heterocycles. The summed E-state index contributed by atoms with van der Waals surface area (Å²) in [5.41, 5.74) is 0.918. The number of thiophene rings is 1. The van der Waals surface area contributed by atoms with Crippen molar-refractivity contribution in [3.05, 3.63) is 65.2 Å². The van der Waals surface area contributed by atoms with Crippen molar-refractivity contribution in [2.45, 2.75) is 20.0 Å². The van der Waals surface area contributed by atoms with Gasteiger partial charge < -0.3 is 10.1 Å². The molecule has 0 aliphatic rings. The summed E-state index contributed by atoms with van der Waals surface area (Å²) in [4.78, 5) is 22.8. The number of nitrogens with one attached hydrogen (secondary N) is 1. The first-order valence-electron chi connectivity index (χ1n) is 8.68. The fourth-order valence-corrected chi connectivity index (χ4v) is 4.31. The molecule has 3 aromatic heterocycles. The standard InChI is InChI=1S/C20H18N4O2S2/c1-13(26-15-7-4-3-5-8-15)19(25)23-18-11-21-14(2)24(18)20-22-16(12-28-20)17-9-6-10-27-17/h3-13H,1-2H3,(H,23,25). The van der Waals surface area contributed by atoms with Gasteiger partial charge in [0.25, 0.3) is 5.91 Å². The lowest BCUT2D eigenvalue weighted by Crippen LogP contribution is -2.30. The molecule has 6 nitrogen and oxygen atoms in total. The van der Waals surface area contributed by atoms with Gasteiger partial charge in [0.15, 0.2) is 11.2 Å². The molecule has 28 heavy (non-hydrogen) atoms. The highest BCUT2D eigenvalue weighted by molar-refractivity contribution is 7.15. The molecule has 1 N–H and O–H groups in total. The predicted molar refractivity (Wildman–Crippen MR) is 112 cm³/mol. The number of imidazole rings is 1. The lowest BCUT2D eigenvalue weighted by Gasteiger charge is -2.15. The smallest absolute Gasteiger partial charge is 0.266 e. The van der Waals surface area contributed by atoms with Crippen molar-refractivity contribution in [2.75, 3.05) is 5.32 Å². The molecular formula is C20H18N4O2S2. The van der Waals surface area contributed by atoms with E-state index in [0.717, 1.165) is 21.5 Å². The highest BCUT2D eigenvalue weighted by atomic mass is 32.1. The molecule has 0 radical (unpaired) electrons. The number of thiazole rings is 1. The van der Waals surface area contributed by atoms with Crippen LogP contribution in [0, 0.1) is 6.92 Å². The molecule has 0 bridgehead atoms. The largest absolute Gasteiger partial charge is 0.481 e. The van der Waals surface area contributed by atoms with Crippen molar-refractivity contribution in [2.24, 2.45) is 0 Å². The van der Waals surface area contributed by atoms with Crippen LogP contribution < -0.4 is 10.1 Å². The number of anilines is 1. The molecule has 4 aromatic rings. The van der Waals surface area contributed by atoms with Crippen molar-refractivity contribution in [1.29, 1.82) is 0 Å². The van der Waals surface area contributed by atoms with Gasteiger partial charge in [0.1, 0.15) is 17.4 Å². The second-order valence-electron chi connectivity index (χ2n) is 6.08. The van der Waals surface area contributed by atoms with Gasteiger partial charge >= 0.3 is 0 Å². The van der Waals surface area contributed by atoms with Crippen LogP contribution in [-0.2, 0) is 4.79 Å².